The topological polar surface area (TPSA) is 78.0 Å². The number of hydrogen-bond donors (Lipinski definition) is 1. The summed E-state index contributed by atoms with van der Waals surface area (Å²) in [5.74, 6) is 0.814. The van der Waals surface area contributed by atoms with E-state index in [-0.39, 0.29) is 18.2 Å². The molecule has 0 saturated carbocycles. The fourth-order valence-corrected chi connectivity index (χ4v) is 4.33. The summed E-state index contributed by atoms with van der Waals surface area (Å²) in [6.45, 7) is 7.44. The molecular formula is C24H31N5O3. The van der Waals surface area contributed by atoms with E-state index in [1.165, 1.54) is 0 Å². The van der Waals surface area contributed by atoms with Gasteiger partial charge in [0.25, 0.3) is 0 Å². The maximum Gasteiger partial charge on any atom is 0.237 e. The summed E-state index contributed by atoms with van der Waals surface area (Å²) in [5.41, 5.74) is 2.23. The van der Waals surface area contributed by atoms with E-state index in [2.05, 4.69) is 20.1 Å². The van der Waals surface area contributed by atoms with Crippen LogP contribution in [-0.4, -0.2) is 78.5 Å². The first-order chi connectivity index (χ1) is 15.6. The summed E-state index contributed by atoms with van der Waals surface area (Å²) in [6.07, 6.45) is 3.78. The molecule has 2 amide bonds. The van der Waals surface area contributed by atoms with Crippen LogP contribution < -0.4 is 15.0 Å². The van der Waals surface area contributed by atoms with Crippen molar-refractivity contribution in [2.24, 2.45) is 0 Å². The lowest BCUT2D eigenvalue weighted by Crippen LogP contribution is -2.57. The Morgan fingerprint density at radius 3 is 2.47 bits per heavy atom. The minimum atomic E-state index is -0.443. The number of rotatable bonds is 7. The smallest absolute Gasteiger partial charge is 0.237 e. The Morgan fingerprint density at radius 1 is 1.06 bits per heavy atom. The van der Waals surface area contributed by atoms with E-state index >= 15 is 0 Å². The number of nitrogens with zero attached hydrogens (tertiary/aromatic N) is 4. The Bertz CT molecular complexity index is 898. The maximum absolute atomic E-state index is 13.0. The maximum atomic E-state index is 13.0. The molecule has 0 aliphatic carbocycles. The minimum absolute atomic E-state index is 0.0399. The van der Waals surface area contributed by atoms with Crippen molar-refractivity contribution in [3.05, 3.63) is 54.4 Å². The summed E-state index contributed by atoms with van der Waals surface area (Å²) in [5, 5.41) is 2.93. The van der Waals surface area contributed by atoms with Crippen LogP contribution in [0, 0.1) is 0 Å². The highest BCUT2D eigenvalue weighted by Crippen LogP contribution is 2.19. The molecule has 8 nitrogen and oxygen atoms in total. The fraction of sp³-hybridized carbons (Fsp3) is 0.458. The first-order valence-electron chi connectivity index (χ1n) is 11.3. The van der Waals surface area contributed by atoms with Crippen LogP contribution in [0.25, 0.3) is 0 Å². The molecule has 2 aliphatic heterocycles. The molecule has 1 atom stereocenters. The van der Waals surface area contributed by atoms with Crippen LogP contribution in [0.1, 0.15) is 18.9 Å². The van der Waals surface area contributed by atoms with E-state index in [0.717, 1.165) is 36.6 Å². The van der Waals surface area contributed by atoms with Crippen molar-refractivity contribution < 1.29 is 14.3 Å². The van der Waals surface area contributed by atoms with E-state index in [1.807, 2.05) is 48.2 Å². The Labute approximate surface area is 189 Å². The highest BCUT2D eigenvalue weighted by atomic mass is 16.5. The van der Waals surface area contributed by atoms with Gasteiger partial charge in [-0.1, -0.05) is 12.1 Å². The lowest BCUT2D eigenvalue weighted by molar-refractivity contribution is -0.139. The third-order valence-corrected chi connectivity index (χ3v) is 6.09. The zero-order valence-electron chi connectivity index (χ0n) is 18.6. The van der Waals surface area contributed by atoms with E-state index in [1.54, 1.807) is 12.4 Å². The first-order valence-corrected chi connectivity index (χ1v) is 11.3. The van der Waals surface area contributed by atoms with E-state index in [4.69, 9.17) is 4.74 Å². The van der Waals surface area contributed by atoms with Gasteiger partial charge in [0, 0.05) is 63.9 Å². The Kier molecular flexibility index (Phi) is 7.21. The number of carbonyl (C=O) groups is 2. The van der Waals surface area contributed by atoms with Gasteiger partial charge in [-0.05, 0) is 36.8 Å². The van der Waals surface area contributed by atoms with Gasteiger partial charge in [-0.15, -0.1) is 0 Å². The highest BCUT2D eigenvalue weighted by molar-refractivity contribution is 5.89. The summed E-state index contributed by atoms with van der Waals surface area (Å²) < 4.78 is 5.51. The van der Waals surface area contributed by atoms with Gasteiger partial charge >= 0.3 is 0 Å². The van der Waals surface area contributed by atoms with Gasteiger partial charge in [0.15, 0.2) is 0 Å². The predicted molar refractivity (Wildman–Crippen MR) is 122 cm³/mol. The molecule has 0 bridgehead atoms. The molecule has 170 valence electrons. The van der Waals surface area contributed by atoms with Gasteiger partial charge in [-0.25, -0.2) is 0 Å². The average molecular weight is 438 g/mol. The van der Waals surface area contributed by atoms with E-state index in [9.17, 15) is 9.59 Å². The van der Waals surface area contributed by atoms with Gasteiger partial charge in [0.1, 0.15) is 5.75 Å². The van der Waals surface area contributed by atoms with Crippen LogP contribution in [-0.2, 0) is 16.1 Å². The molecule has 32 heavy (non-hydrogen) atoms. The number of carbonyl (C=O) groups excluding carboxylic acids is 2. The molecule has 2 aromatic rings. The molecule has 2 saturated heterocycles. The van der Waals surface area contributed by atoms with Crippen LogP contribution in [0.5, 0.6) is 5.75 Å². The number of pyridine rings is 1. The van der Waals surface area contributed by atoms with Crippen LogP contribution in [0.4, 0.5) is 5.69 Å². The first kappa shape index (κ1) is 22.1. The lowest BCUT2D eigenvalue weighted by Gasteiger charge is -2.38. The summed E-state index contributed by atoms with van der Waals surface area (Å²) in [7, 11) is 0. The molecule has 8 heteroatoms. The monoisotopic (exact) mass is 437 g/mol. The molecule has 1 aromatic carbocycles. The third kappa shape index (κ3) is 5.37. The highest BCUT2D eigenvalue weighted by Gasteiger charge is 2.33. The van der Waals surface area contributed by atoms with Gasteiger partial charge in [0.2, 0.25) is 11.8 Å². The van der Waals surface area contributed by atoms with Crippen molar-refractivity contribution in [2.75, 3.05) is 50.8 Å². The van der Waals surface area contributed by atoms with Crippen molar-refractivity contribution in [3.63, 3.8) is 0 Å². The molecule has 2 fully saturated rings. The second kappa shape index (κ2) is 10.5. The summed E-state index contributed by atoms with van der Waals surface area (Å²) in [4.78, 5) is 36.0. The van der Waals surface area contributed by atoms with Gasteiger partial charge in [-0.2, -0.15) is 0 Å². The molecule has 4 rings (SSSR count). The number of piperazine rings is 2. The van der Waals surface area contributed by atoms with Crippen LogP contribution in [0.15, 0.2) is 48.8 Å². The Morgan fingerprint density at radius 2 is 1.78 bits per heavy atom. The Balaban J connectivity index is 1.34. The molecule has 1 unspecified atom stereocenters. The standard InChI is InChI=1S/C24H31N5O3/c1-2-32-21-5-3-19(4-6-21)18-29-12-11-26-24(31)22(29)17-23(30)28-15-13-27(14-16-28)20-7-9-25-10-8-20/h3-10,22H,2,11-18H2,1H3,(H,26,31). The minimum Gasteiger partial charge on any atom is -0.494 e. The second-order valence-electron chi connectivity index (χ2n) is 8.13. The van der Waals surface area contributed by atoms with Crippen LogP contribution in [0.3, 0.4) is 0 Å². The largest absolute Gasteiger partial charge is 0.494 e. The predicted octanol–water partition coefficient (Wildman–Crippen LogP) is 1.52. The number of hydrogen-bond acceptors (Lipinski definition) is 6. The lowest BCUT2D eigenvalue weighted by atomic mass is 10.1. The molecule has 0 spiro atoms. The number of amides is 2. The second-order valence-corrected chi connectivity index (χ2v) is 8.13. The molecule has 1 N–H and O–H groups in total. The van der Waals surface area contributed by atoms with Crippen molar-refractivity contribution in [1.82, 2.24) is 20.1 Å². The van der Waals surface area contributed by atoms with Gasteiger partial charge in [-0.3, -0.25) is 19.5 Å². The van der Waals surface area contributed by atoms with Crippen molar-refractivity contribution >= 4 is 17.5 Å². The molecular weight excluding hydrogens is 406 g/mol. The quantitative estimate of drug-likeness (QED) is 0.708. The van der Waals surface area contributed by atoms with Crippen molar-refractivity contribution in [3.8, 4) is 5.75 Å². The average Bonchev–Trinajstić information content (AvgIpc) is 2.83. The number of aromatic nitrogens is 1. The van der Waals surface area contributed by atoms with Gasteiger partial charge in [0.05, 0.1) is 19.1 Å². The van der Waals surface area contributed by atoms with Crippen molar-refractivity contribution in [1.29, 1.82) is 0 Å². The molecule has 1 aromatic heterocycles. The summed E-state index contributed by atoms with van der Waals surface area (Å²) in [6, 6.07) is 11.5. The fourth-order valence-electron chi connectivity index (χ4n) is 4.33. The van der Waals surface area contributed by atoms with Crippen LogP contribution in [0.2, 0.25) is 0 Å². The van der Waals surface area contributed by atoms with Crippen molar-refractivity contribution in [2.45, 2.75) is 25.9 Å². The zero-order valence-corrected chi connectivity index (χ0v) is 18.6. The van der Waals surface area contributed by atoms with E-state index in [0.29, 0.717) is 32.8 Å². The number of benzene rings is 1. The molecule has 3 heterocycles. The number of nitrogens with one attached hydrogen (secondary N) is 1. The zero-order chi connectivity index (χ0) is 22.3. The molecule has 2 aliphatic rings. The normalized spacial score (nSPS) is 19.5. The number of anilines is 1. The SMILES string of the molecule is CCOc1ccc(CN2CCNC(=O)C2CC(=O)N2CCN(c3ccncc3)CC2)cc1. The van der Waals surface area contributed by atoms with Gasteiger partial charge < -0.3 is 19.9 Å². The Hall–Kier alpha value is -3.13. The molecule has 0 radical (unpaired) electrons. The number of ether oxygens (including phenoxy) is 1. The van der Waals surface area contributed by atoms with E-state index < -0.39 is 6.04 Å². The van der Waals surface area contributed by atoms with Crippen LogP contribution >= 0.6 is 0 Å². The third-order valence-electron chi connectivity index (χ3n) is 6.09. The summed E-state index contributed by atoms with van der Waals surface area (Å²) >= 11 is 0.